The monoisotopic (exact) mass is 528 g/mol. The second-order valence-electron chi connectivity index (χ2n) is 6.98. The highest BCUT2D eigenvalue weighted by Crippen LogP contribution is 2.40. The first-order valence-electron chi connectivity index (χ1n) is 9.27. The summed E-state index contributed by atoms with van der Waals surface area (Å²) >= 11 is 3.15. The van der Waals surface area contributed by atoms with Crippen LogP contribution in [-0.2, 0) is 32.6 Å². The van der Waals surface area contributed by atoms with Crippen molar-refractivity contribution in [1.82, 2.24) is 19.3 Å². The lowest BCUT2D eigenvalue weighted by Crippen LogP contribution is -2.22. The molecular formula is C19H18BrFN4O6S. The molecule has 13 heteroatoms. The predicted octanol–water partition coefficient (Wildman–Crippen LogP) is 2.43. The van der Waals surface area contributed by atoms with E-state index in [4.69, 9.17) is 13.7 Å². The topological polar surface area (TPSA) is 115 Å². The maximum absolute atomic E-state index is 14.1. The maximum atomic E-state index is 14.1. The lowest BCUT2D eigenvalue weighted by Gasteiger charge is -2.20. The first kappa shape index (κ1) is 22.4. The Morgan fingerprint density at radius 2 is 2.12 bits per heavy atom. The van der Waals surface area contributed by atoms with E-state index in [0.29, 0.717) is 11.3 Å². The SMILES string of the molecule is COC(=O)c1nc2n(c1C(OS(C)(=O)=O)c1ccnn1C)CCOc1cc(F)c(Br)cc1-2. The van der Waals surface area contributed by atoms with Crippen molar-refractivity contribution in [2.45, 2.75) is 12.6 Å². The molecule has 1 atom stereocenters. The smallest absolute Gasteiger partial charge is 0.358 e. The van der Waals surface area contributed by atoms with E-state index in [2.05, 4.69) is 26.0 Å². The Balaban J connectivity index is 2.03. The van der Waals surface area contributed by atoms with Crippen molar-refractivity contribution in [3.63, 3.8) is 0 Å². The van der Waals surface area contributed by atoms with E-state index in [0.717, 1.165) is 6.26 Å². The summed E-state index contributed by atoms with van der Waals surface area (Å²) in [6, 6.07) is 4.27. The van der Waals surface area contributed by atoms with Crippen LogP contribution in [0.25, 0.3) is 11.4 Å². The van der Waals surface area contributed by atoms with Gasteiger partial charge in [-0.25, -0.2) is 14.2 Å². The van der Waals surface area contributed by atoms with Gasteiger partial charge in [0.1, 0.15) is 24.0 Å². The van der Waals surface area contributed by atoms with Crippen LogP contribution in [0.1, 0.15) is 28.0 Å². The van der Waals surface area contributed by atoms with E-state index in [-0.39, 0.29) is 40.6 Å². The van der Waals surface area contributed by atoms with E-state index in [9.17, 15) is 17.6 Å². The molecule has 3 heterocycles. The minimum absolute atomic E-state index is 0.113. The molecule has 3 aromatic rings. The van der Waals surface area contributed by atoms with Gasteiger partial charge in [0.05, 0.1) is 41.3 Å². The molecule has 0 radical (unpaired) electrons. The van der Waals surface area contributed by atoms with Gasteiger partial charge in [0, 0.05) is 19.3 Å². The van der Waals surface area contributed by atoms with Crippen molar-refractivity contribution in [3.8, 4) is 17.1 Å². The molecule has 0 spiro atoms. The fourth-order valence-corrected chi connectivity index (χ4v) is 4.41. The Morgan fingerprint density at radius 3 is 2.75 bits per heavy atom. The van der Waals surface area contributed by atoms with Crippen LogP contribution in [0, 0.1) is 5.82 Å². The summed E-state index contributed by atoms with van der Waals surface area (Å²) in [6.45, 7) is 0.298. The van der Waals surface area contributed by atoms with Crippen LogP contribution < -0.4 is 4.74 Å². The summed E-state index contributed by atoms with van der Waals surface area (Å²) < 4.78 is 57.6. The molecule has 32 heavy (non-hydrogen) atoms. The summed E-state index contributed by atoms with van der Waals surface area (Å²) in [7, 11) is -1.17. The van der Waals surface area contributed by atoms with Crippen molar-refractivity contribution in [2.75, 3.05) is 20.0 Å². The number of rotatable bonds is 5. The number of halogens is 2. The molecule has 0 bridgehead atoms. The number of carbonyl (C=O) groups is 1. The Labute approximate surface area is 191 Å². The quantitative estimate of drug-likeness (QED) is 0.366. The van der Waals surface area contributed by atoms with Crippen molar-refractivity contribution >= 4 is 32.0 Å². The molecule has 0 saturated carbocycles. The third-order valence-corrected chi connectivity index (χ3v) is 6.02. The summed E-state index contributed by atoms with van der Waals surface area (Å²) in [5.41, 5.74) is 0.799. The molecule has 4 rings (SSSR count). The number of aryl methyl sites for hydroxylation is 1. The highest BCUT2D eigenvalue weighted by atomic mass is 79.9. The van der Waals surface area contributed by atoms with Crippen LogP contribution in [0.4, 0.5) is 4.39 Å². The number of carbonyl (C=O) groups excluding carboxylic acids is 1. The summed E-state index contributed by atoms with van der Waals surface area (Å²) in [5, 5.41) is 4.08. The number of imidazole rings is 1. The molecule has 10 nitrogen and oxygen atoms in total. The van der Waals surface area contributed by atoms with Gasteiger partial charge in [0.15, 0.2) is 11.8 Å². The van der Waals surface area contributed by atoms with Gasteiger partial charge in [-0.3, -0.25) is 8.86 Å². The van der Waals surface area contributed by atoms with Gasteiger partial charge in [-0.15, -0.1) is 0 Å². The van der Waals surface area contributed by atoms with Crippen LogP contribution in [0.2, 0.25) is 0 Å². The molecule has 0 aliphatic carbocycles. The normalized spacial score (nSPS) is 14.2. The van der Waals surface area contributed by atoms with Gasteiger partial charge < -0.3 is 14.0 Å². The maximum Gasteiger partial charge on any atom is 0.358 e. The average Bonchev–Trinajstić information content (AvgIpc) is 3.27. The van der Waals surface area contributed by atoms with Gasteiger partial charge >= 0.3 is 5.97 Å². The largest absolute Gasteiger partial charge is 0.491 e. The van der Waals surface area contributed by atoms with Gasteiger partial charge in [-0.05, 0) is 28.1 Å². The molecule has 2 aromatic heterocycles. The summed E-state index contributed by atoms with van der Waals surface area (Å²) in [6.07, 6.45) is 1.13. The lowest BCUT2D eigenvalue weighted by atomic mass is 10.1. The second-order valence-corrected chi connectivity index (χ2v) is 9.44. The Morgan fingerprint density at radius 1 is 1.38 bits per heavy atom. The zero-order chi connectivity index (χ0) is 23.2. The zero-order valence-corrected chi connectivity index (χ0v) is 19.6. The van der Waals surface area contributed by atoms with E-state index in [1.165, 1.54) is 30.1 Å². The van der Waals surface area contributed by atoms with Gasteiger partial charge in [0.25, 0.3) is 10.1 Å². The number of hydrogen-bond donors (Lipinski definition) is 0. The van der Waals surface area contributed by atoms with Crippen LogP contribution in [-0.4, -0.2) is 53.7 Å². The molecule has 1 unspecified atom stereocenters. The second kappa shape index (κ2) is 8.30. The number of aromatic nitrogens is 4. The number of nitrogens with zero attached hydrogens (tertiary/aromatic N) is 4. The van der Waals surface area contributed by atoms with E-state index in [1.54, 1.807) is 17.7 Å². The molecule has 0 N–H and O–H groups in total. The van der Waals surface area contributed by atoms with Crippen molar-refractivity contribution in [2.24, 2.45) is 7.05 Å². The third-order valence-electron chi connectivity index (χ3n) is 4.87. The van der Waals surface area contributed by atoms with Crippen LogP contribution in [0.3, 0.4) is 0 Å². The minimum Gasteiger partial charge on any atom is -0.491 e. The number of esters is 1. The molecule has 1 aliphatic heterocycles. The Kier molecular flexibility index (Phi) is 5.81. The number of hydrogen-bond acceptors (Lipinski definition) is 8. The fraction of sp³-hybridized carbons (Fsp3) is 0.316. The third kappa shape index (κ3) is 4.02. The van der Waals surface area contributed by atoms with Crippen molar-refractivity contribution < 1.29 is 31.3 Å². The number of methoxy groups -OCH3 is 1. The first-order chi connectivity index (χ1) is 15.1. The average molecular weight is 529 g/mol. The summed E-state index contributed by atoms with van der Waals surface area (Å²) in [5.74, 6) is -0.796. The van der Waals surface area contributed by atoms with Gasteiger partial charge in [0.2, 0.25) is 0 Å². The molecule has 170 valence electrons. The van der Waals surface area contributed by atoms with E-state index in [1.807, 2.05) is 0 Å². The number of fused-ring (bicyclic) bond motifs is 3. The highest BCUT2D eigenvalue weighted by Gasteiger charge is 2.36. The van der Waals surface area contributed by atoms with Crippen LogP contribution in [0.15, 0.2) is 28.9 Å². The van der Waals surface area contributed by atoms with Crippen LogP contribution >= 0.6 is 15.9 Å². The van der Waals surface area contributed by atoms with Crippen LogP contribution in [0.5, 0.6) is 5.75 Å². The Bertz CT molecular complexity index is 1320. The predicted molar refractivity (Wildman–Crippen MR) is 113 cm³/mol. The number of ether oxygens (including phenoxy) is 2. The molecule has 1 aromatic carbocycles. The standard InChI is InChI=1S/C19H18BrFN4O6S/c1-24-13(4-5-22-24)17(31-32(3,27)28)16-15(19(26)29-2)23-18-10-8-11(20)12(21)9-14(10)30-7-6-25(16)18/h4-5,8-9,17H,6-7H2,1-3H3. The van der Waals surface area contributed by atoms with E-state index < -0.39 is 28.0 Å². The van der Waals surface area contributed by atoms with Crippen molar-refractivity contribution in [1.29, 1.82) is 0 Å². The Hall–Kier alpha value is -2.77. The fourth-order valence-electron chi connectivity index (χ4n) is 3.53. The molecule has 0 fully saturated rings. The first-order valence-corrected chi connectivity index (χ1v) is 11.9. The van der Waals surface area contributed by atoms with E-state index >= 15 is 0 Å². The molecule has 1 aliphatic rings. The van der Waals surface area contributed by atoms with Gasteiger partial charge in [-0.1, -0.05) is 0 Å². The summed E-state index contributed by atoms with van der Waals surface area (Å²) in [4.78, 5) is 17.1. The highest BCUT2D eigenvalue weighted by molar-refractivity contribution is 9.10. The lowest BCUT2D eigenvalue weighted by molar-refractivity contribution is 0.0589. The minimum atomic E-state index is -3.97. The van der Waals surface area contributed by atoms with Crippen molar-refractivity contribution in [3.05, 3.63) is 51.8 Å². The zero-order valence-electron chi connectivity index (χ0n) is 17.2. The number of benzene rings is 1. The molecular weight excluding hydrogens is 511 g/mol. The molecule has 0 amide bonds. The van der Waals surface area contributed by atoms with Gasteiger partial charge in [-0.2, -0.15) is 13.5 Å². The molecule has 0 saturated heterocycles.